The van der Waals surface area contributed by atoms with Crippen molar-refractivity contribution in [1.29, 1.82) is 0 Å². The first-order valence-electron chi connectivity index (χ1n) is 7.66. The van der Waals surface area contributed by atoms with Gasteiger partial charge in [-0.15, -0.1) is 0 Å². The molecule has 0 aliphatic heterocycles. The smallest absolute Gasteiger partial charge is 0.375 e. The Kier molecular flexibility index (Phi) is 6.01. The zero-order chi connectivity index (χ0) is 17.5. The Bertz CT molecular complexity index is 661. The van der Waals surface area contributed by atoms with E-state index in [0.717, 1.165) is 11.3 Å². The van der Waals surface area contributed by atoms with Crippen molar-refractivity contribution < 1.29 is 23.5 Å². The van der Waals surface area contributed by atoms with E-state index < -0.39 is 12.1 Å². The van der Waals surface area contributed by atoms with Crippen molar-refractivity contribution in [1.82, 2.24) is 5.32 Å². The van der Waals surface area contributed by atoms with Gasteiger partial charge in [0, 0.05) is 6.54 Å². The summed E-state index contributed by atoms with van der Waals surface area (Å²) in [5.74, 6) is -0.347. The molecule has 0 spiro atoms. The number of carbonyl (C=O) groups is 2. The van der Waals surface area contributed by atoms with Crippen LogP contribution in [0.3, 0.4) is 0 Å². The number of rotatable bonds is 7. The molecule has 6 heteroatoms. The van der Waals surface area contributed by atoms with Gasteiger partial charge in [0.25, 0.3) is 5.91 Å². The van der Waals surface area contributed by atoms with Gasteiger partial charge >= 0.3 is 5.97 Å². The number of hydrogen-bond acceptors (Lipinski definition) is 5. The monoisotopic (exact) mass is 331 g/mol. The zero-order valence-corrected chi connectivity index (χ0v) is 13.9. The number of esters is 1. The largest absolute Gasteiger partial charge is 0.497 e. The molecule has 6 nitrogen and oxygen atoms in total. The van der Waals surface area contributed by atoms with Crippen LogP contribution in [0.4, 0.5) is 0 Å². The van der Waals surface area contributed by atoms with E-state index in [0.29, 0.717) is 6.54 Å². The minimum Gasteiger partial charge on any atom is -0.497 e. The van der Waals surface area contributed by atoms with Crippen LogP contribution in [-0.2, 0) is 16.1 Å². The number of hydrogen-bond donors (Lipinski definition) is 1. The topological polar surface area (TPSA) is 77.8 Å². The number of amides is 1. The first-order valence-corrected chi connectivity index (χ1v) is 7.66. The molecule has 0 aliphatic rings. The van der Waals surface area contributed by atoms with Crippen LogP contribution in [0.5, 0.6) is 5.75 Å². The minimum atomic E-state index is -0.888. The average Bonchev–Trinajstić information content (AvgIpc) is 3.12. The number of carbonyl (C=O) groups excluding carboxylic acids is 2. The van der Waals surface area contributed by atoms with Crippen molar-refractivity contribution in [3.05, 3.63) is 54.0 Å². The second-order valence-corrected chi connectivity index (χ2v) is 5.61. The fourth-order valence-electron chi connectivity index (χ4n) is 2.09. The normalized spacial score (nSPS) is 11.8. The summed E-state index contributed by atoms with van der Waals surface area (Å²) in [6, 6.07) is 10.4. The summed E-state index contributed by atoms with van der Waals surface area (Å²) < 4.78 is 15.4. The zero-order valence-electron chi connectivity index (χ0n) is 13.9. The van der Waals surface area contributed by atoms with E-state index in [1.807, 2.05) is 38.1 Å². The summed E-state index contributed by atoms with van der Waals surface area (Å²) in [5, 5.41) is 2.78. The third-order valence-electron chi connectivity index (χ3n) is 3.45. The summed E-state index contributed by atoms with van der Waals surface area (Å²) in [7, 11) is 1.59. The number of benzene rings is 1. The molecule has 1 aromatic heterocycles. The molecule has 24 heavy (non-hydrogen) atoms. The molecule has 0 bridgehead atoms. The van der Waals surface area contributed by atoms with Crippen molar-refractivity contribution >= 4 is 11.9 Å². The predicted octanol–water partition coefficient (Wildman–Crippen LogP) is 2.79. The third-order valence-corrected chi connectivity index (χ3v) is 3.45. The summed E-state index contributed by atoms with van der Waals surface area (Å²) in [5.41, 5.74) is 0.920. The van der Waals surface area contributed by atoms with Crippen molar-refractivity contribution in [3.8, 4) is 5.75 Å². The van der Waals surface area contributed by atoms with Crippen molar-refractivity contribution in [2.75, 3.05) is 7.11 Å². The van der Waals surface area contributed by atoms with Crippen LogP contribution in [0, 0.1) is 5.92 Å². The highest BCUT2D eigenvalue weighted by atomic mass is 16.6. The lowest BCUT2D eigenvalue weighted by atomic mass is 10.1. The van der Waals surface area contributed by atoms with Crippen LogP contribution in [0.25, 0.3) is 0 Å². The molecule has 2 rings (SSSR count). The number of ether oxygens (including phenoxy) is 2. The van der Waals surface area contributed by atoms with E-state index in [1.54, 1.807) is 13.2 Å². The van der Waals surface area contributed by atoms with Gasteiger partial charge in [-0.1, -0.05) is 26.0 Å². The highest BCUT2D eigenvalue weighted by molar-refractivity contribution is 5.90. The molecule has 1 atom stereocenters. The Labute approximate surface area is 140 Å². The van der Waals surface area contributed by atoms with Crippen molar-refractivity contribution in [2.24, 2.45) is 5.92 Å². The first-order chi connectivity index (χ1) is 11.5. The first kappa shape index (κ1) is 17.6. The SMILES string of the molecule is COc1ccc(CNC(=O)[C@H](OC(=O)c2ccco2)C(C)C)cc1. The summed E-state index contributed by atoms with van der Waals surface area (Å²) in [4.78, 5) is 24.3. The lowest BCUT2D eigenvalue weighted by Crippen LogP contribution is -2.40. The Morgan fingerprint density at radius 2 is 1.88 bits per heavy atom. The maximum Gasteiger partial charge on any atom is 0.375 e. The Morgan fingerprint density at radius 3 is 2.42 bits per heavy atom. The second-order valence-electron chi connectivity index (χ2n) is 5.61. The predicted molar refractivity (Wildman–Crippen MR) is 87.6 cm³/mol. The maximum atomic E-state index is 12.3. The van der Waals surface area contributed by atoms with Gasteiger partial charge in [0.05, 0.1) is 13.4 Å². The Hall–Kier alpha value is -2.76. The summed E-state index contributed by atoms with van der Waals surface area (Å²) in [6.07, 6.45) is 0.492. The molecular formula is C18H21NO5. The lowest BCUT2D eigenvalue weighted by Gasteiger charge is -2.20. The molecule has 0 radical (unpaired) electrons. The van der Waals surface area contributed by atoms with E-state index in [-0.39, 0.29) is 17.6 Å². The summed E-state index contributed by atoms with van der Waals surface area (Å²) in [6.45, 7) is 3.96. The average molecular weight is 331 g/mol. The third kappa shape index (κ3) is 4.62. The highest BCUT2D eigenvalue weighted by Crippen LogP contribution is 2.13. The van der Waals surface area contributed by atoms with Gasteiger partial charge in [-0.05, 0) is 35.7 Å². The molecule has 1 amide bonds. The van der Waals surface area contributed by atoms with Crippen LogP contribution in [0.2, 0.25) is 0 Å². The molecule has 0 unspecified atom stereocenters. The van der Waals surface area contributed by atoms with Crippen molar-refractivity contribution in [3.63, 3.8) is 0 Å². The molecule has 1 N–H and O–H groups in total. The molecule has 2 aromatic rings. The Morgan fingerprint density at radius 1 is 1.17 bits per heavy atom. The van der Waals surface area contributed by atoms with Gasteiger partial charge in [0.1, 0.15) is 5.75 Å². The molecule has 1 heterocycles. The minimum absolute atomic E-state index is 0.0728. The lowest BCUT2D eigenvalue weighted by molar-refractivity contribution is -0.132. The van der Waals surface area contributed by atoms with E-state index in [2.05, 4.69) is 5.32 Å². The van der Waals surface area contributed by atoms with E-state index >= 15 is 0 Å². The van der Waals surface area contributed by atoms with Gasteiger partial charge in [-0.3, -0.25) is 4.79 Å². The molecular weight excluding hydrogens is 310 g/mol. The highest BCUT2D eigenvalue weighted by Gasteiger charge is 2.27. The molecule has 0 fully saturated rings. The van der Waals surface area contributed by atoms with Crippen LogP contribution >= 0.6 is 0 Å². The fraction of sp³-hybridized carbons (Fsp3) is 0.333. The van der Waals surface area contributed by atoms with Crippen LogP contribution in [-0.4, -0.2) is 25.1 Å². The number of methoxy groups -OCH3 is 1. The summed E-state index contributed by atoms with van der Waals surface area (Å²) >= 11 is 0. The fourth-order valence-corrected chi connectivity index (χ4v) is 2.09. The molecule has 0 saturated carbocycles. The second kappa shape index (κ2) is 8.19. The van der Waals surface area contributed by atoms with Gasteiger partial charge in [0.15, 0.2) is 6.10 Å². The molecule has 0 aliphatic carbocycles. The van der Waals surface area contributed by atoms with Crippen molar-refractivity contribution in [2.45, 2.75) is 26.5 Å². The van der Waals surface area contributed by atoms with Crippen LogP contribution in [0.1, 0.15) is 30.0 Å². The van der Waals surface area contributed by atoms with E-state index in [4.69, 9.17) is 13.9 Å². The van der Waals surface area contributed by atoms with Crippen LogP contribution in [0.15, 0.2) is 47.1 Å². The number of furan rings is 1. The van der Waals surface area contributed by atoms with Gasteiger partial charge in [-0.25, -0.2) is 4.79 Å². The Balaban J connectivity index is 1.94. The van der Waals surface area contributed by atoms with Crippen LogP contribution < -0.4 is 10.1 Å². The molecule has 1 aromatic carbocycles. The maximum absolute atomic E-state index is 12.3. The van der Waals surface area contributed by atoms with E-state index in [1.165, 1.54) is 12.3 Å². The molecule has 128 valence electrons. The molecule has 0 saturated heterocycles. The quantitative estimate of drug-likeness (QED) is 0.789. The number of nitrogens with one attached hydrogen (secondary N) is 1. The van der Waals surface area contributed by atoms with Gasteiger partial charge in [0.2, 0.25) is 5.76 Å². The van der Waals surface area contributed by atoms with Gasteiger partial charge < -0.3 is 19.2 Å². The van der Waals surface area contributed by atoms with E-state index in [9.17, 15) is 9.59 Å². The van der Waals surface area contributed by atoms with Gasteiger partial charge in [-0.2, -0.15) is 0 Å². The standard InChI is InChI=1S/C18H21NO5/c1-12(2)16(24-18(21)15-5-4-10-23-15)17(20)19-11-13-6-8-14(22-3)9-7-13/h4-10,12,16H,11H2,1-3H3,(H,19,20)/t16-/m1/s1.